The van der Waals surface area contributed by atoms with E-state index in [-0.39, 0.29) is 11.7 Å². The molecule has 0 aliphatic rings. The van der Waals surface area contributed by atoms with Crippen LogP contribution in [-0.4, -0.2) is 26.3 Å². The fourth-order valence-corrected chi connectivity index (χ4v) is 3.38. The second-order valence-electron chi connectivity index (χ2n) is 5.75. The van der Waals surface area contributed by atoms with Gasteiger partial charge in [0.2, 0.25) is 5.91 Å². The maximum absolute atomic E-state index is 11.6. The first-order valence-corrected chi connectivity index (χ1v) is 9.53. The van der Waals surface area contributed by atoms with Crippen LogP contribution in [0.15, 0.2) is 54.6 Å². The Kier molecular flexibility index (Phi) is 5.55. The average Bonchev–Trinajstić information content (AvgIpc) is 2.51. The number of nitrogens with two attached hydrogens (primary N) is 1. The minimum atomic E-state index is -3.04. The molecule has 5 heteroatoms. The van der Waals surface area contributed by atoms with E-state index in [4.69, 9.17) is 5.73 Å². The summed E-state index contributed by atoms with van der Waals surface area (Å²) in [5.41, 5.74) is 7.85. The lowest BCUT2D eigenvalue weighted by Crippen LogP contribution is -2.16. The molecule has 0 spiro atoms. The van der Waals surface area contributed by atoms with Crippen LogP contribution in [0, 0.1) is 0 Å². The van der Waals surface area contributed by atoms with Crippen molar-refractivity contribution in [3.63, 3.8) is 0 Å². The SMILES string of the molecule is CS(=O)(=O)CCC(Cc1ccccc1C(N)=O)c1ccccc1. The van der Waals surface area contributed by atoms with Crippen molar-refractivity contribution in [3.8, 4) is 0 Å². The van der Waals surface area contributed by atoms with Crippen molar-refractivity contribution in [2.75, 3.05) is 12.0 Å². The third-order valence-corrected chi connectivity index (χ3v) is 4.83. The largest absolute Gasteiger partial charge is 0.366 e. The number of hydrogen-bond acceptors (Lipinski definition) is 3. The summed E-state index contributed by atoms with van der Waals surface area (Å²) in [5, 5.41) is 0. The first-order valence-electron chi connectivity index (χ1n) is 7.47. The summed E-state index contributed by atoms with van der Waals surface area (Å²) in [6.45, 7) is 0. The Labute approximate surface area is 137 Å². The van der Waals surface area contributed by atoms with E-state index in [0.29, 0.717) is 18.4 Å². The van der Waals surface area contributed by atoms with E-state index < -0.39 is 15.7 Å². The molecule has 1 amide bonds. The molecule has 0 aliphatic heterocycles. The molecule has 0 saturated carbocycles. The average molecular weight is 331 g/mol. The van der Waals surface area contributed by atoms with Gasteiger partial charge in [-0.15, -0.1) is 0 Å². The zero-order valence-electron chi connectivity index (χ0n) is 13.1. The molecule has 0 radical (unpaired) electrons. The second kappa shape index (κ2) is 7.42. The molecule has 1 atom stereocenters. The molecular weight excluding hydrogens is 310 g/mol. The third kappa shape index (κ3) is 5.21. The highest BCUT2D eigenvalue weighted by molar-refractivity contribution is 7.90. The predicted octanol–water partition coefficient (Wildman–Crippen LogP) is 2.55. The quantitative estimate of drug-likeness (QED) is 0.847. The maximum Gasteiger partial charge on any atom is 0.248 e. The van der Waals surface area contributed by atoms with Gasteiger partial charge in [0.25, 0.3) is 0 Å². The molecule has 2 aromatic rings. The molecule has 1 unspecified atom stereocenters. The summed E-state index contributed by atoms with van der Waals surface area (Å²) < 4.78 is 23.0. The summed E-state index contributed by atoms with van der Waals surface area (Å²) in [7, 11) is -3.04. The Hall–Kier alpha value is -2.14. The first kappa shape index (κ1) is 17.2. The molecule has 0 fully saturated rings. The fraction of sp³-hybridized carbons (Fsp3) is 0.278. The Morgan fingerprint density at radius 2 is 1.65 bits per heavy atom. The molecule has 4 nitrogen and oxygen atoms in total. The van der Waals surface area contributed by atoms with Gasteiger partial charge < -0.3 is 5.73 Å². The summed E-state index contributed by atoms with van der Waals surface area (Å²) in [6.07, 6.45) is 2.33. The van der Waals surface area contributed by atoms with Gasteiger partial charge in [0.15, 0.2) is 0 Å². The van der Waals surface area contributed by atoms with Gasteiger partial charge in [-0.25, -0.2) is 8.42 Å². The number of rotatable bonds is 7. The van der Waals surface area contributed by atoms with Crippen LogP contribution in [0.5, 0.6) is 0 Å². The van der Waals surface area contributed by atoms with E-state index in [9.17, 15) is 13.2 Å². The number of benzene rings is 2. The third-order valence-electron chi connectivity index (χ3n) is 3.86. The summed E-state index contributed by atoms with van der Waals surface area (Å²) >= 11 is 0. The molecule has 122 valence electrons. The van der Waals surface area contributed by atoms with E-state index in [1.165, 1.54) is 6.26 Å². The smallest absolute Gasteiger partial charge is 0.248 e. The van der Waals surface area contributed by atoms with Crippen LogP contribution in [0.2, 0.25) is 0 Å². The molecule has 0 heterocycles. The summed E-state index contributed by atoms with van der Waals surface area (Å²) in [6, 6.07) is 17.0. The van der Waals surface area contributed by atoms with Gasteiger partial charge in [0.05, 0.1) is 5.75 Å². The van der Waals surface area contributed by atoms with E-state index in [1.807, 2.05) is 42.5 Å². The maximum atomic E-state index is 11.6. The minimum absolute atomic E-state index is 0.0198. The van der Waals surface area contributed by atoms with Crippen LogP contribution in [0.4, 0.5) is 0 Å². The number of hydrogen-bond donors (Lipinski definition) is 1. The standard InChI is InChI=1S/C18H21NO3S/c1-23(21,22)12-11-15(14-7-3-2-4-8-14)13-16-9-5-6-10-17(16)18(19)20/h2-10,15H,11-13H2,1H3,(H2,19,20). The lowest BCUT2D eigenvalue weighted by atomic mass is 9.88. The van der Waals surface area contributed by atoms with Crippen molar-refractivity contribution in [3.05, 3.63) is 71.3 Å². The van der Waals surface area contributed by atoms with Gasteiger partial charge in [0.1, 0.15) is 9.84 Å². The van der Waals surface area contributed by atoms with Crippen LogP contribution in [0.1, 0.15) is 33.8 Å². The molecule has 0 aliphatic carbocycles. The van der Waals surface area contributed by atoms with Gasteiger partial charge in [-0.2, -0.15) is 0 Å². The van der Waals surface area contributed by atoms with E-state index >= 15 is 0 Å². The molecule has 0 bridgehead atoms. The normalized spacial score (nSPS) is 12.7. The van der Waals surface area contributed by atoms with Gasteiger partial charge in [0, 0.05) is 11.8 Å². The lowest BCUT2D eigenvalue weighted by molar-refractivity contribution is 0.0999. The van der Waals surface area contributed by atoms with Crippen molar-refractivity contribution in [2.24, 2.45) is 5.73 Å². The number of carbonyl (C=O) groups excluding carboxylic acids is 1. The number of primary amides is 1. The van der Waals surface area contributed by atoms with Crippen LogP contribution < -0.4 is 5.73 Å². The Morgan fingerprint density at radius 3 is 2.26 bits per heavy atom. The van der Waals surface area contributed by atoms with Crippen molar-refractivity contribution < 1.29 is 13.2 Å². The topological polar surface area (TPSA) is 77.2 Å². The predicted molar refractivity (Wildman–Crippen MR) is 92.2 cm³/mol. The fourth-order valence-electron chi connectivity index (χ4n) is 2.67. The molecular formula is C18H21NO3S. The van der Waals surface area contributed by atoms with E-state index in [1.54, 1.807) is 12.1 Å². The monoisotopic (exact) mass is 331 g/mol. The van der Waals surface area contributed by atoms with Crippen LogP contribution in [0.25, 0.3) is 0 Å². The van der Waals surface area contributed by atoms with Gasteiger partial charge in [-0.3, -0.25) is 4.79 Å². The Bertz CT molecular complexity index is 770. The van der Waals surface area contributed by atoms with Crippen molar-refractivity contribution in [1.29, 1.82) is 0 Å². The molecule has 2 rings (SSSR count). The Balaban J connectivity index is 2.30. The highest BCUT2D eigenvalue weighted by atomic mass is 32.2. The number of amides is 1. The van der Waals surface area contributed by atoms with E-state index in [2.05, 4.69) is 0 Å². The molecule has 2 aromatic carbocycles. The molecule has 23 heavy (non-hydrogen) atoms. The molecule has 0 aromatic heterocycles. The van der Waals surface area contributed by atoms with E-state index in [0.717, 1.165) is 11.1 Å². The lowest BCUT2D eigenvalue weighted by Gasteiger charge is -2.18. The van der Waals surface area contributed by atoms with Crippen LogP contribution in [-0.2, 0) is 16.3 Å². The van der Waals surface area contributed by atoms with Gasteiger partial charge in [-0.1, -0.05) is 48.5 Å². The first-order chi connectivity index (χ1) is 10.9. The zero-order valence-corrected chi connectivity index (χ0v) is 13.9. The van der Waals surface area contributed by atoms with Crippen LogP contribution >= 0.6 is 0 Å². The second-order valence-corrected chi connectivity index (χ2v) is 8.01. The highest BCUT2D eigenvalue weighted by Crippen LogP contribution is 2.26. The summed E-state index contributed by atoms with van der Waals surface area (Å²) in [4.78, 5) is 11.6. The molecule has 0 saturated heterocycles. The highest BCUT2D eigenvalue weighted by Gasteiger charge is 2.18. The number of carbonyl (C=O) groups is 1. The number of sulfone groups is 1. The van der Waals surface area contributed by atoms with Crippen LogP contribution in [0.3, 0.4) is 0 Å². The van der Waals surface area contributed by atoms with Crippen molar-refractivity contribution in [2.45, 2.75) is 18.8 Å². The Morgan fingerprint density at radius 1 is 1.04 bits per heavy atom. The molecule has 2 N–H and O–H groups in total. The minimum Gasteiger partial charge on any atom is -0.366 e. The zero-order chi connectivity index (χ0) is 16.9. The van der Waals surface area contributed by atoms with Gasteiger partial charge >= 0.3 is 0 Å². The summed E-state index contributed by atoms with van der Waals surface area (Å²) in [5.74, 6) is -0.326. The van der Waals surface area contributed by atoms with Crippen molar-refractivity contribution >= 4 is 15.7 Å². The van der Waals surface area contributed by atoms with Gasteiger partial charge in [-0.05, 0) is 36.0 Å². The van der Waals surface area contributed by atoms with Crippen molar-refractivity contribution in [1.82, 2.24) is 0 Å².